The van der Waals surface area contributed by atoms with Crippen LogP contribution in [-0.2, 0) is 12.8 Å². The van der Waals surface area contributed by atoms with Crippen LogP contribution in [0.15, 0.2) is 36.7 Å². The fourth-order valence-corrected chi connectivity index (χ4v) is 3.59. The van der Waals surface area contributed by atoms with E-state index >= 15 is 0 Å². The Morgan fingerprint density at radius 1 is 1.14 bits per heavy atom. The summed E-state index contributed by atoms with van der Waals surface area (Å²) in [6.45, 7) is 6.97. The molecule has 22 heavy (non-hydrogen) atoms. The lowest BCUT2D eigenvalue weighted by Crippen LogP contribution is -2.09. The first kappa shape index (κ1) is 15.3. The second-order valence-corrected chi connectivity index (χ2v) is 7.20. The van der Waals surface area contributed by atoms with Crippen molar-refractivity contribution in [2.45, 2.75) is 58.8 Å². The van der Waals surface area contributed by atoms with Crippen LogP contribution in [0.3, 0.4) is 0 Å². The molecule has 1 nitrogen and oxygen atoms in total. The molecule has 0 aliphatic heterocycles. The summed E-state index contributed by atoms with van der Waals surface area (Å²) in [5, 5.41) is 0. The predicted molar refractivity (Wildman–Crippen MR) is 94.2 cm³/mol. The lowest BCUT2D eigenvalue weighted by Gasteiger charge is -2.25. The van der Waals surface area contributed by atoms with Crippen molar-refractivity contribution in [3.05, 3.63) is 53.3 Å². The minimum Gasteiger partial charge on any atom is -0.264 e. The number of pyridine rings is 1. The maximum atomic E-state index is 4.29. The molecule has 0 N–H and O–H groups in total. The molecule has 0 fully saturated rings. The van der Waals surface area contributed by atoms with Crippen molar-refractivity contribution in [3.8, 4) is 11.1 Å². The summed E-state index contributed by atoms with van der Waals surface area (Å²) in [5.74, 6) is 1.43. The van der Waals surface area contributed by atoms with Gasteiger partial charge in [0.2, 0.25) is 0 Å². The van der Waals surface area contributed by atoms with E-state index in [1.54, 1.807) is 0 Å². The molecule has 2 aromatic rings. The van der Waals surface area contributed by atoms with E-state index in [-0.39, 0.29) is 0 Å². The fourth-order valence-electron chi connectivity index (χ4n) is 3.59. The zero-order chi connectivity index (χ0) is 15.5. The van der Waals surface area contributed by atoms with Gasteiger partial charge in [-0.25, -0.2) is 0 Å². The number of benzene rings is 1. The van der Waals surface area contributed by atoms with Crippen molar-refractivity contribution in [2.75, 3.05) is 0 Å². The van der Waals surface area contributed by atoms with Crippen molar-refractivity contribution in [1.82, 2.24) is 4.98 Å². The fraction of sp³-hybridized carbons (Fsp3) is 0.476. The smallest absolute Gasteiger partial charge is 0.0306 e. The molecule has 116 valence electrons. The number of hydrogen-bond donors (Lipinski definition) is 0. The van der Waals surface area contributed by atoms with Gasteiger partial charge in [0.05, 0.1) is 0 Å². The van der Waals surface area contributed by atoms with Gasteiger partial charge < -0.3 is 0 Å². The highest BCUT2D eigenvalue weighted by Gasteiger charge is 2.21. The number of nitrogens with zero attached hydrogens (tertiary/aromatic N) is 1. The SMILES string of the molecule is CC(C)CCCCc1ccc2c(c1)C(C)Cc1cnccc1-2. The molecule has 1 unspecified atom stereocenters. The van der Waals surface area contributed by atoms with Crippen molar-refractivity contribution in [2.24, 2.45) is 5.92 Å². The van der Waals surface area contributed by atoms with Crippen LogP contribution in [0.25, 0.3) is 11.1 Å². The first-order valence-corrected chi connectivity index (χ1v) is 8.71. The summed E-state index contributed by atoms with van der Waals surface area (Å²) in [5.41, 5.74) is 7.23. The molecule has 1 heterocycles. The maximum Gasteiger partial charge on any atom is 0.0306 e. The molecule has 0 amide bonds. The lowest BCUT2D eigenvalue weighted by atomic mass is 9.79. The van der Waals surface area contributed by atoms with E-state index in [4.69, 9.17) is 0 Å². The van der Waals surface area contributed by atoms with E-state index in [0.717, 1.165) is 12.3 Å². The molecule has 0 saturated heterocycles. The first-order chi connectivity index (χ1) is 10.6. The number of fused-ring (bicyclic) bond motifs is 3. The number of aromatic nitrogens is 1. The van der Waals surface area contributed by atoms with Crippen molar-refractivity contribution < 1.29 is 0 Å². The van der Waals surface area contributed by atoms with Gasteiger partial charge in [-0.15, -0.1) is 0 Å². The van der Waals surface area contributed by atoms with Gasteiger partial charge in [0, 0.05) is 12.4 Å². The second-order valence-electron chi connectivity index (χ2n) is 7.20. The quantitative estimate of drug-likeness (QED) is 0.637. The highest BCUT2D eigenvalue weighted by molar-refractivity contribution is 5.73. The Balaban J connectivity index is 1.78. The molecular formula is C21H27N. The molecule has 0 radical (unpaired) electrons. The first-order valence-electron chi connectivity index (χ1n) is 8.71. The topological polar surface area (TPSA) is 12.9 Å². The van der Waals surface area contributed by atoms with Crippen molar-refractivity contribution in [3.63, 3.8) is 0 Å². The maximum absolute atomic E-state index is 4.29. The molecule has 1 aliphatic rings. The number of unbranched alkanes of at least 4 members (excludes halogenated alkanes) is 1. The molecule has 1 atom stereocenters. The Hall–Kier alpha value is -1.63. The monoisotopic (exact) mass is 293 g/mol. The van der Waals surface area contributed by atoms with Crippen LogP contribution in [0, 0.1) is 5.92 Å². The summed E-state index contributed by atoms with van der Waals surface area (Å²) in [4.78, 5) is 4.29. The normalized spacial score (nSPS) is 16.5. The van der Waals surface area contributed by atoms with E-state index in [0.29, 0.717) is 5.92 Å². The average Bonchev–Trinajstić information content (AvgIpc) is 2.52. The van der Waals surface area contributed by atoms with Crippen LogP contribution in [0.5, 0.6) is 0 Å². The van der Waals surface area contributed by atoms with E-state index in [1.165, 1.54) is 53.5 Å². The van der Waals surface area contributed by atoms with E-state index in [9.17, 15) is 0 Å². The third-order valence-electron chi connectivity index (χ3n) is 4.86. The van der Waals surface area contributed by atoms with Crippen LogP contribution < -0.4 is 0 Å². The summed E-state index contributed by atoms with van der Waals surface area (Å²) >= 11 is 0. The number of rotatable bonds is 5. The largest absolute Gasteiger partial charge is 0.264 e. The summed E-state index contributed by atoms with van der Waals surface area (Å²) < 4.78 is 0. The Morgan fingerprint density at radius 3 is 2.82 bits per heavy atom. The average molecular weight is 293 g/mol. The van der Waals surface area contributed by atoms with Gasteiger partial charge in [-0.3, -0.25) is 4.98 Å². The minimum absolute atomic E-state index is 0.599. The number of aryl methyl sites for hydroxylation is 1. The standard InChI is InChI=1S/C21H27N/c1-15(2)6-4-5-7-17-8-9-20-19-10-11-22-14-18(19)12-16(3)21(20)13-17/h8-11,13-16H,4-7,12H2,1-3H3. The Bertz CT molecular complexity index is 642. The predicted octanol–water partition coefficient (Wildman–Crippen LogP) is 5.78. The highest BCUT2D eigenvalue weighted by Crippen LogP contribution is 2.39. The molecular weight excluding hydrogens is 266 g/mol. The molecule has 1 aliphatic carbocycles. The Morgan fingerprint density at radius 2 is 2.00 bits per heavy atom. The minimum atomic E-state index is 0.599. The zero-order valence-corrected chi connectivity index (χ0v) is 14.1. The zero-order valence-electron chi connectivity index (χ0n) is 14.1. The molecule has 3 rings (SSSR count). The van der Waals surface area contributed by atoms with E-state index < -0.39 is 0 Å². The summed E-state index contributed by atoms with van der Waals surface area (Å²) in [7, 11) is 0. The van der Waals surface area contributed by atoms with Crippen LogP contribution in [0.1, 0.15) is 62.6 Å². The third kappa shape index (κ3) is 3.24. The second kappa shape index (κ2) is 6.64. The van der Waals surface area contributed by atoms with Crippen molar-refractivity contribution >= 4 is 0 Å². The van der Waals surface area contributed by atoms with Gasteiger partial charge in [0.1, 0.15) is 0 Å². The third-order valence-corrected chi connectivity index (χ3v) is 4.86. The molecule has 1 aromatic carbocycles. The van der Waals surface area contributed by atoms with Gasteiger partial charge >= 0.3 is 0 Å². The van der Waals surface area contributed by atoms with Gasteiger partial charge in [-0.2, -0.15) is 0 Å². The molecule has 1 aromatic heterocycles. The summed E-state index contributed by atoms with van der Waals surface area (Å²) in [6.07, 6.45) is 10.3. The van der Waals surface area contributed by atoms with Gasteiger partial charge in [0.25, 0.3) is 0 Å². The Kier molecular flexibility index (Phi) is 4.61. The summed E-state index contributed by atoms with van der Waals surface area (Å²) in [6, 6.07) is 9.29. The molecule has 0 spiro atoms. The van der Waals surface area contributed by atoms with E-state index in [1.807, 2.05) is 12.4 Å². The van der Waals surface area contributed by atoms with Gasteiger partial charge in [0.15, 0.2) is 0 Å². The van der Waals surface area contributed by atoms with E-state index in [2.05, 4.69) is 50.0 Å². The molecule has 0 saturated carbocycles. The molecule has 1 heteroatoms. The van der Waals surface area contributed by atoms with Crippen LogP contribution in [0.2, 0.25) is 0 Å². The molecule has 0 bridgehead atoms. The van der Waals surface area contributed by atoms with Crippen LogP contribution in [-0.4, -0.2) is 4.98 Å². The van der Waals surface area contributed by atoms with Crippen LogP contribution in [0.4, 0.5) is 0 Å². The Labute approximate surface area is 134 Å². The van der Waals surface area contributed by atoms with Crippen LogP contribution >= 0.6 is 0 Å². The van der Waals surface area contributed by atoms with Gasteiger partial charge in [-0.05, 0) is 65.0 Å². The van der Waals surface area contributed by atoms with Gasteiger partial charge in [-0.1, -0.05) is 51.8 Å². The lowest BCUT2D eigenvalue weighted by molar-refractivity contribution is 0.538. The number of hydrogen-bond acceptors (Lipinski definition) is 1. The highest BCUT2D eigenvalue weighted by atomic mass is 14.6. The van der Waals surface area contributed by atoms with Crippen molar-refractivity contribution in [1.29, 1.82) is 0 Å².